The molecule has 22 heavy (non-hydrogen) atoms. The molecular formula is C13H14FN3O5. The van der Waals surface area contributed by atoms with Crippen LogP contribution in [0.4, 0.5) is 4.39 Å². The Balaban J connectivity index is 2.29. The lowest BCUT2D eigenvalue weighted by Gasteiger charge is -2.07. The molecule has 0 saturated carbocycles. The van der Waals surface area contributed by atoms with Gasteiger partial charge in [-0.1, -0.05) is 6.07 Å². The zero-order chi connectivity index (χ0) is 16.5. The number of hydrogen-bond acceptors (Lipinski definition) is 5. The minimum absolute atomic E-state index is 0.0520. The van der Waals surface area contributed by atoms with Gasteiger partial charge in [-0.25, -0.2) is 4.39 Å². The largest absolute Gasteiger partial charge is 0.454 e. The van der Waals surface area contributed by atoms with Gasteiger partial charge in [0.15, 0.2) is 6.61 Å². The highest BCUT2D eigenvalue weighted by Crippen LogP contribution is 2.02. The second-order valence-electron chi connectivity index (χ2n) is 4.08. The maximum absolute atomic E-state index is 12.9. The molecular weight excluding hydrogens is 297 g/mol. The van der Waals surface area contributed by atoms with E-state index in [4.69, 9.17) is 0 Å². The summed E-state index contributed by atoms with van der Waals surface area (Å²) in [7, 11) is 0. The fraction of sp³-hybridized carbons (Fsp3) is 0.231. The number of ether oxygens (including phenoxy) is 1. The number of hydrazine groups is 1. The topological polar surface area (TPSA) is 114 Å². The van der Waals surface area contributed by atoms with Gasteiger partial charge >= 0.3 is 5.97 Å². The molecule has 0 radical (unpaired) electrons. The van der Waals surface area contributed by atoms with Crippen LogP contribution in [0.1, 0.15) is 17.3 Å². The number of carbonyl (C=O) groups excluding carboxylic acids is 4. The van der Waals surface area contributed by atoms with Crippen LogP contribution in [0.15, 0.2) is 24.3 Å². The Labute approximate surface area is 125 Å². The SMILES string of the molecule is CC(=O)NNC(=O)COC(=O)CNC(=O)c1cccc(F)c1. The van der Waals surface area contributed by atoms with Gasteiger partial charge in [0, 0.05) is 12.5 Å². The summed E-state index contributed by atoms with van der Waals surface area (Å²) in [4.78, 5) is 44.5. The number of benzene rings is 1. The number of hydrogen-bond donors (Lipinski definition) is 3. The number of amides is 3. The van der Waals surface area contributed by atoms with Crippen LogP contribution in [-0.2, 0) is 19.1 Å². The molecule has 1 aromatic rings. The third kappa shape index (κ3) is 6.46. The van der Waals surface area contributed by atoms with Gasteiger partial charge < -0.3 is 10.1 Å². The molecule has 0 spiro atoms. The van der Waals surface area contributed by atoms with E-state index in [1.807, 2.05) is 10.9 Å². The Hall–Kier alpha value is -2.97. The first-order valence-corrected chi connectivity index (χ1v) is 6.13. The molecule has 0 aliphatic heterocycles. The van der Waals surface area contributed by atoms with Crippen LogP contribution in [0.2, 0.25) is 0 Å². The predicted octanol–water partition coefficient (Wildman–Crippen LogP) is -0.734. The first kappa shape index (κ1) is 17.1. The van der Waals surface area contributed by atoms with Crippen molar-refractivity contribution in [1.29, 1.82) is 0 Å². The molecule has 1 aromatic carbocycles. The average molecular weight is 311 g/mol. The fourth-order valence-electron chi connectivity index (χ4n) is 1.28. The molecule has 0 saturated heterocycles. The third-order valence-electron chi connectivity index (χ3n) is 2.22. The molecule has 118 valence electrons. The summed E-state index contributed by atoms with van der Waals surface area (Å²) in [6.07, 6.45) is 0. The smallest absolute Gasteiger partial charge is 0.325 e. The van der Waals surface area contributed by atoms with Crippen LogP contribution in [0.25, 0.3) is 0 Å². The highest BCUT2D eigenvalue weighted by atomic mass is 19.1. The van der Waals surface area contributed by atoms with Gasteiger partial charge in [0.2, 0.25) is 5.91 Å². The summed E-state index contributed by atoms with van der Waals surface area (Å²) >= 11 is 0. The van der Waals surface area contributed by atoms with Crippen molar-refractivity contribution in [2.45, 2.75) is 6.92 Å². The molecule has 0 heterocycles. The van der Waals surface area contributed by atoms with Crippen molar-refractivity contribution >= 4 is 23.7 Å². The van der Waals surface area contributed by atoms with E-state index in [0.29, 0.717) is 0 Å². The van der Waals surface area contributed by atoms with E-state index in [-0.39, 0.29) is 5.56 Å². The quantitative estimate of drug-likeness (QED) is 0.490. The number of esters is 1. The highest BCUT2D eigenvalue weighted by molar-refractivity contribution is 5.96. The van der Waals surface area contributed by atoms with Crippen molar-refractivity contribution in [2.75, 3.05) is 13.2 Å². The predicted molar refractivity (Wildman–Crippen MR) is 71.7 cm³/mol. The van der Waals surface area contributed by atoms with Gasteiger partial charge in [-0.2, -0.15) is 0 Å². The van der Waals surface area contributed by atoms with E-state index >= 15 is 0 Å². The third-order valence-corrected chi connectivity index (χ3v) is 2.22. The van der Waals surface area contributed by atoms with Gasteiger partial charge in [-0.3, -0.25) is 30.0 Å². The average Bonchev–Trinajstić information content (AvgIpc) is 2.48. The van der Waals surface area contributed by atoms with E-state index in [1.165, 1.54) is 25.1 Å². The summed E-state index contributed by atoms with van der Waals surface area (Å²) in [6.45, 7) is 0.0892. The maximum atomic E-state index is 12.9. The van der Waals surface area contributed by atoms with Crippen LogP contribution in [-0.4, -0.2) is 36.8 Å². The zero-order valence-electron chi connectivity index (χ0n) is 11.6. The summed E-state index contributed by atoms with van der Waals surface area (Å²) in [5.41, 5.74) is 4.05. The molecule has 9 heteroatoms. The molecule has 0 fully saturated rings. The molecule has 0 aromatic heterocycles. The van der Waals surface area contributed by atoms with Crippen molar-refractivity contribution in [2.24, 2.45) is 0 Å². The molecule has 1 rings (SSSR count). The van der Waals surface area contributed by atoms with Crippen LogP contribution in [0.3, 0.4) is 0 Å². The summed E-state index contributed by atoms with van der Waals surface area (Å²) in [5.74, 6) is -3.31. The lowest BCUT2D eigenvalue weighted by Crippen LogP contribution is -2.43. The molecule has 0 bridgehead atoms. The van der Waals surface area contributed by atoms with Crippen molar-refractivity contribution < 1.29 is 28.3 Å². The van der Waals surface area contributed by atoms with Gasteiger partial charge in [0.05, 0.1) is 0 Å². The molecule has 0 atom stereocenters. The number of halogens is 1. The fourth-order valence-corrected chi connectivity index (χ4v) is 1.28. The Morgan fingerprint density at radius 2 is 1.91 bits per heavy atom. The van der Waals surface area contributed by atoms with Gasteiger partial charge in [0.1, 0.15) is 12.4 Å². The summed E-state index contributed by atoms with van der Waals surface area (Å²) < 4.78 is 17.5. The minimum atomic E-state index is -0.859. The van der Waals surface area contributed by atoms with E-state index in [9.17, 15) is 23.6 Å². The minimum Gasteiger partial charge on any atom is -0.454 e. The number of nitrogens with one attached hydrogen (secondary N) is 3. The Bertz CT molecular complexity index is 591. The highest BCUT2D eigenvalue weighted by Gasteiger charge is 2.11. The van der Waals surface area contributed by atoms with Gasteiger partial charge in [-0.05, 0) is 18.2 Å². The maximum Gasteiger partial charge on any atom is 0.325 e. The first-order chi connectivity index (χ1) is 10.4. The van der Waals surface area contributed by atoms with Crippen LogP contribution >= 0.6 is 0 Å². The molecule has 0 aliphatic rings. The van der Waals surface area contributed by atoms with E-state index in [1.54, 1.807) is 0 Å². The van der Waals surface area contributed by atoms with E-state index < -0.39 is 42.7 Å². The Kier molecular flexibility index (Phi) is 6.48. The van der Waals surface area contributed by atoms with Crippen molar-refractivity contribution in [1.82, 2.24) is 16.2 Å². The molecule has 3 N–H and O–H groups in total. The van der Waals surface area contributed by atoms with Crippen LogP contribution < -0.4 is 16.2 Å². The molecule has 0 unspecified atom stereocenters. The van der Waals surface area contributed by atoms with Gasteiger partial charge in [0.25, 0.3) is 11.8 Å². The van der Waals surface area contributed by atoms with Crippen LogP contribution in [0, 0.1) is 5.82 Å². The Morgan fingerprint density at radius 3 is 2.55 bits per heavy atom. The monoisotopic (exact) mass is 311 g/mol. The summed E-state index contributed by atoms with van der Waals surface area (Å²) in [5, 5.41) is 2.22. The Morgan fingerprint density at radius 1 is 1.18 bits per heavy atom. The number of rotatable bonds is 5. The lowest BCUT2D eigenvalue weighted by molar-refractivity contribution is -0.148. The van der Waals surface area contributed by atoms with E-state index in [2.05, 4.69) is 10.1 Å². The van der Waals surface area contributed by atoms with Crippen molar-refractivity contribution in [3.05, 3.63) is 35.6 Å². The second kappa shape index (κ2) is 8.35. The first-order valence-electron chi connectivity index (χ1n) is 6.13. The summed E-state index contributed by atoms with van der Waals surface area (Å²) in [6, 6.07) is 4.93. The second-order valence-corrected chi connectivity index (χ2v) is 4.08. The molecule has 3 amide bonds. The molecule has 0 aliphatic carbocycles. The zero-order valence-corrected chi connectivity index (χ0v) is 11.6. The number of carbonyl (C=O) groups is 4. The van der Waals surface area contributed by atoms with Crippen LogP contribution in [0.5, 0.6) is 0 Å². The lowest BCUT2D eigenvalue weighted by atomic mass is 10.2. The molecule has 8 nitrogen and oxygen atoms in total. The van der Waals surface area contributed by atoms with Gasteiger partial charge in [-0.15, -0.1) is 0 Å². The van der Waals surface area contributed by atoms with Crippen molar-refractivity contribution in [3.8, 4) is 0 Å². The van der Waals surface area contributed by atoms with E-state index in [0.717, 1.165) is 6.07 Å². The standard InChI is InChI=1S/C13H14FN3O5/c1-8(18)16-17-11(19)7-22-12(20)6-15-13(21)9-3-2-4-10(14)5-9/h2-5H,6-7H2,1H3,(H,15,21)(H,16,18)(H,17,19). The van der Waals surface area contributed by atoms with Crippen molar-refractivity contribution in [3.63, 3.8) is 0 Å². The normalized spacial score (nSPS) is 9.55.